The highest BCUT2D eigenvalue weighted by Crippen LogP contribution is 2.08. The summed E-state index contributed by atoms with van der Waals surface area (Å²) in [6.45, 7) is 4.88. The van der Waals surface area contributed by atoms with Gasteiger partial charge in [-0.1, -0.05) is 13.8 Å². The first-order valence-electron chi connectivity index (χ1n) is 4.52. The molecule has 0 radical (unpaired) electrons. The largest absolute Gasteiger partial charge is 0.468 e. The van der Waals surface area contributed by atoms with Crippen molar-refractivity contribution in [3.63, 3.8) is 0 Å². The first-order valence-corrected chi connectivity index (χ1v) is 4.52. The van der Waals surface area contributed by atoms with E-state index >= 15 is 0 Å². The minimum absolute atomic E-state index is 0.0800. The van der Waals surface area contributed by atoms with Crippen molar-refractivity contribution in [3.05, 3.63) is 0 Å². The van der Waals surface area contributed by atoms with Gasteiger partial charge < -0.3 is 4.74 Å². The molecule has 84 valence electrons. The van der Waals surface area contributed by atoms with E-state index in [-0.39, 0.29) is 5.92 Å². The molecule has 0 saturated heterocycles. The Morgan fingerprint density at radius 1 is 1.29 bits per heavy atom. The summed E-state index contributed by atoms with van der Waals surface area (Å²) in [7, 11) is 1.24. The fourth-order valence-corrected chi connectivity index (χ4v) is 1.02. The van der Waals surface area contributed by atoms with Crippen molar-refractivity contribution < 1.29 is 18.3 Å². The van der Waals surface area contributed by atoms with Gasteiger partial charge in [0.25, 0.3) is 6.43 Å². The number of halogens is 2. The zero-order valence-corrected chi connectivity index (χ0v) is 8.88. The smallest absolute Gasteiger partial charge is 0.323 e. The zero-order valence-electron chi connectivity index (χ0n) is 8.88. The van der Waals surface area contributed by atoms with Gasteiger partial charge in [0.2, 0.25) is 0 Å². The van der Waals surface area contributed by atoms with E-state index in [1.807, 2.05) is 0 Å². The molecule has 0 aliphatic carbocycles. The Morgan fingerprint density at radius 2 is 1.79 bits per heavy atom. The molecule has 0 heterocycles. The van der Waals surface area contributed by atoms with Crippen molar-refractivity contribution in [2.45, 2.75) is 39.3 Å². The van der Waals surface area contributed by atoms with Crippen LogP contribution in [0.1, 0.15) is 20.8 Å². The van der Waals surface area contributed by atoms with Gasteiger partial charge in [-0.3, -0.25) is 10.1 Å². The number of rotatable bonds is 5. The lowest BCUT2D eigenvalue weighted by Crippen LogP contribution is -2.48. The molecule has 1 N–H and O–H groups in total. The second-order valence-electron chi connectivity index (χ2n) is 3.53. The maximum absolute atomic E-state index is 12.2. The van der Waals surface area contributed by atoms with Crippen molar-refractivity contribution >= 4 is 5.97 Å². The maximum atomic E-state index is 12.2. The fourth-order valence-electron chi connectivity index (χ4n) is 1.02. The van der Waals surface area contributed by atoms with Crippen LogP contribution in [0, 0.1) is 5.92 Å². The molecule has 0 amide bonds. The number of ether oxygens (including phenoxy) is 1. The molecular formula is C9H17F2NO2. The number of methoxy groups -OCH3 is 1. The molecule has 0 bridgehead atoms. The van der Waals surface area contributed by atoms with Gasteiger partial charge in [-0.15, -0.1) is 0 Å². The van der Waals surface area contributed by atoms with Crippen LogP contribution in [-0.4, -0.2) is 31.6 Å². The Labute approximate surface area is 82.8 Å². The Hall–Kier alpha value is -0.710. The van der Waals surface area contributed by atoms with Gasteiger partial charge in [0.05, 0.1) is 13.2 Å². The van der Waals surface area contributed by atoms with Gasteiger partial charge in [-0.2, -0.15) is 0 Å². The van der Waals surface area contributed by atoms with Crippen LogP contribution in [0.25, 0.3) is 0 Å². The molecule has 0 aromatic rings. The molecule has 14 heavy (non-hydrogen) atoms. The van der Waals surface area contributed by atoms with Gasteiger partial charge in [0.15, 0.2) is 0 Å². The molecule has 0 aromatic carbocycles. The molecular weight excluding hydrogens is 192 g/mol. The Bertz CT molecular complexity index is 186. The summed E-state index contributed by atoms with van der Waals surface area (Å²) in [6, 6.07) is -1.69. The van der Waals surface area contributed by atoms with Crippen molar-refractivity contribution in [3.8, 4) is 0 Å². The Balaban J connectivity index is 4.30. The number of alkyl halides is 2. The van der Waals surface area contributed by atoms with Crippen LogP contribution in [0.2, 0.25) is 0 Å². The average molecular weight is 209 g/mol. The summed E-state index contributed by atoms with van der Waals surface area (Å²) < 4.78 is 28.9. The molecule has 1 unspecified atom stereocenters. The first-order chi connectivity index (χ1) is 6.40. The summed E-state index contributed by atoms with van der Waals surface area (Å²) in [5.74, 6) is -0.587. The van der Waals surface area contributed by atoms with Crippen LogP contribution >= 0.6 is 0 Å². The number of hydrogen-bond acceptors (Lipinski definition) is 3. The van der Waals surface area contributed by atoms with Crippen molar-refractivity contribution in [1.82, 2.24) is 5.32 Å². The summed E-state index contributed by atoms with van der Waals surface area (Å²) in [5, 5.41) is 2.54. The molecule has 0 aromatic heterocycles. The first kappa shape index (κ1) is 13.3. The fraction of sp³-hybridized carbons (Fsp3) is 0.889. The quantitative estimate of drug-likeness (QED) is 0.696. The summed E-state index contributed by atoms with van der Waals surface area (Å²) in [4.78, 5) is 11.2. The van der Waals surface area contributed by atoms with Crippen molar-refractivity contribution in [2.75, 3.05) is 7.11 Å². The topological polar surface area (TPSA) is 38.3 Å². The summed E-state index contributed by atoms with van der Waals surface area (Å²) in [6.07, 6.45) is -2.49. The maximum Gasteiger partial charge on any atom is 0.323 e. The third-order valence-corrected chi connectivity index (χ3v) is 1.94. The van der Waals surface area contributed by atoms with E-state index in [4.69, 9.17) is 0 Å². The van der Waals surface area contributed by atoms with Crippen LogP contribution in [-0.2, 0) is 9.53 Å². The van der Waals surface area contributed by atoms with E-state index < -0.39 is 24.5 Å². The lowest BCUT2D eigenvalue weighted by atomic mass is 10.0. The SMILES string of the molecule is COC(=O)[C@@H](NC(C)C(F)F)C(C)C. The van der Waals surface area contributed by atoms with Crippen molar-refractivity contribution in [1.29, 1.82) is 0 Å². The van der Waals surface area contributed by atoms with Gasteiger partial charge >= 0.3 is 5.97 Å². The number of esters is 1. The molecule has 5 heteroatoms. The summed E-state index contributed by atoms with van der Waals surface area (Å²) in [5.41, 5.74) is 0. The minimum atomic E-state index is -2.49. The van der Waals surface area contributed by atoms with E-state index in [2.05, 4.69) is 10.1 Å². The predicted molar refractivity (Wildman–Crippen MR) is 49.2 cm³/mol. The number of nitrogens with one attached hydrogen (secondary N) is 1. The number of hydrogen-bond donors (Lipinski definition) is 1. The molecule has 0 saturated carbocycles. The van der Waals surface area contributed by atoms with Gasteiger partial charge in [-0.05, 0) is 12.8 Å². The Morgan fingerprint density at radius 3 is 2.07 bits per heavy atom. The van der Waals surface area contributed by atoms with E-state index in [1.165, 1.54) is 14.0 Å². The molecule has 2 atom stereocenters. The summed E-state index contributed by atoms with van der Waals surface area (Å²) >= 11 is 0. The highest BCUT2D eigenvalue weighted by atomic mass is 19.3. The zero-order chi connectivity index (χ0) is 11.3. The normalized spacial score (nSPS) is 15.7. The van der Waals surface area contributed by atoms with E-state index in [0.717, 1.165) is 0 Å². The average Bonchev–Trinajstić information content (AvgIpc) is 2.11. The van der Waals surface area contributed by atoms with E-state index in [9.17, 15) is 13.6 Å². The van der Waals surface area contributed by atoms with Crippen LogP contribution in [0.3, 0.4) is 0 Å². The number of carbonyl (C=O) groups is 1. The monoisotopic (exact) mass is 209 g/mol. The second-order valence-corrected chi connectivity index (χ2v) is 3.53. The van der Waals surface area contributed by atoms with Crippen LogP contribution in [0.4, 0.5) is 8.78 Å². The lowest BCUT2D eigenvalue weighted by molar-refractivity contribution is -0.144. The molecule has 0 fully saturated rings. The Kier molecular flexibility index (Phi) is 5.60. The third-order valence-electron chi connectivity index (χ3n) is 1.94. The van der Waals surface area contributed by atoms with E-state index in [0.29, 0.717) is 0 Å². The third kappa shape index (κ3) is 4.00. The predicted octanol–water partition coefficient (Wildman–Crippen LogP) is 1.43. The highest BCUT2D eigenvalue weighted by molar-refractivity contribution is 5.75. The standard InChI is InChI=1S/C9H17F2NO2/c1-5(2)7(9(13)14-4)12-6(3)8(10)11/h5-8,12H,1-4H3/t6?,7-/m0/s1. The van der Waals surface area contributed by atoms with Gasteiger partial charge in [-0.25, -0.2) is 8.78 Å². The van der Waals surface area contributed by atoms with Crippen LogP contribution in [0.15, 0.2) is 0 Å². The lowest BCUT2D eigenvalue weighted by Gasteiger charge is -2.23. The van der Waals surface area contributed by atoms with Crippen LogP contribution in [0.5, 0.6) is 0 Å². The van der Waals surface area contributed by atoms with Gasteiger partial charge in [0, 0.05) is 0 Å². The molecule has 0 aliphatic rings. The molecule has 3 nitrogen and oxygen atoms in total. The number of carbonyl (C=O) groups excluding carboxylic acids is 1. The van der Waals surface area contributed by atoms with Gasteiger partial charge in [0.1, 0.15) is 6.04 Å². The van der Waals surface area contributed by atoms with Crippen LogP contribution < -0.4 is 5.32 Å². The molecule has 0 spiro atoms. The second kappa shape index (κ2) is 5.90. The minimum Gasteiger partial charge on any atom is -0.468 e. The highest BCUT2D eigenvalue weighted by Gasteiger charge is 2.27. The molecule has 0 aliphatic heterocycles. The van der Waals surface area contributed by atoms with E-state index in [1.54, 1.807) is 13.8 Å². The molecule has 0 rings (SSSR count). The van der Waals surface area contributed by atoms with Crippen molar-refractivity contribution in [2.24, 2.45) is 5.92 Å².